The standard InChI is InChI=1S/C23H18O6S/c1-13-21(14-6-9-17(26-2)19(11-14)27-3)22(24)16-8-7-15(12-18(16)28-13)29-23(25)20-5-4-10-30-20/h4-12H,1-3H3. The molecule has 0 aliphatic heterocycles. The zero-order chi connectivity index (χ0) is 21.3. The van der Waals surface area contributed by atoms with Crippen molar-refractivity contribution in [3.63, 3.8) is 0 Å². The zero-order valence-electron chi connectivity index (χ0n) is 16.6. The van der Waals surface area contributed by atoms with Crippen LogP contribution in [0.5, 0.6) is 17.2 Å². The van der Waals surface area contributed by atoms with Gasteiger partial charge in [0.2, 0.25) is 5.43 Å². The van der Waals surface area contributed by atoms with E-state index < -0.39 is 5.97 Å². The van der Waals surface area contributed by atoms with E-state index in [1.807, 2.05) is 0 Å². The van der Waals surface area contributed by atoms with Gasteiger partial charge in [-0.1, -0.05) is 12.1 Å². The molecule has 0 radical (unpaired) electrons. The van der Waals surface area contributed by atoms with Crippen molar-refractivity contribution in [1.82, 2.24) is 0 Å². The molecule has 152 valence electrons. The quantitative estimate of drug-likeness (QED) is 0.330. The van der Waals surface area contributed by atoms with Crippen LogP contribution in [0.3, 0.4) is 0 Å². The van der Waals surface area contributed by atoms with Crippen molar-refractivity contribution in [3.05, 3.63) is 74.8 Å². The van der Waals surface area contributed by atoms with E-state index >= 15 is 0 Å². The molecule has 0 atom stereocenters. The molecule has 0 aliphatic carbocycles. The van der Waals surface area contributed by atoms with Gasteiger partial charge in [-0.3, -0.25) is 4.79 Å². The average Bonchev–Trinajstić information content (AvgIpc) is 3.28. The van der Waals surface area contributed by atoms with Crippen LogP contribution in [0.4, 0.5) is 0 Å². The highest BCUT2D eigenvalue weighted by Crippen LogP contribution is 2.33. The smallest absolute Gasteiger partial charge is 0.353 e. The van der Waals surface area contributed by atoms with E-state index in [0.717, 1.165) is 0 Å². The van der Waals surface area contributed by atoms with Crippen LogP contribution < -0.4 is 19.6 Å². The lowest BCUT2D eigenvalue weighted by Gasteiger charge is -2.11. The summed E-state index contributed by atoms with van der Waals surface area (Å²) in [5, 5.41) is 2.19. The van der Waals surface area contributed by atoms with E-state index in [1.165, 1.54) is 18.4 Å². The number of hydrogen-bond donors (Lipinski definition) is 0. The van der Waals surface area contributed by atoms with Crippen molar-refractivity contribution in [3.8, 4) is 28.4 Å². The number of thiophene rings is 1. The van der Waals surface area contributed by atoms with Gasteiger partial charge >= 0.3 is 5.97 Å². The zero-order valence-corrected chi connectivity index (χ0v) is 17.4. The Kier molecular flexibility index (Phi) is 5.29. The van der Waals surface area contributed by atoms with Crippen LogP contribution in [-0.4, -0.2) is 20.2 Å². The second-order valence-electron chi connectivity index (χ2n) is 6.46. The molecule has 0 saturated carbocycles. The predicted octanol–water partition coefficient (Wildman–Crippen LogP) is 5.07. The van der Waals surface area contributed by atoms with Crippen molar-refractivity contribution in [2.24, 2.45) is 0 Å². The summed E-state index contributed by atoms with van der Waals surface area (Å²) in [5.74, 6) is 1.39. The van der Waals surface area contributed by atoms with Crippen LogP contribution in [0, 0.1) is 6.92 Å². The Labute approximate surface area is 176 Å². The number of fused-ring (bicyclic) bond motifs is 1. The summed E-state index contributed by atoms with van der Waals surface area (Å²) in [7, 11) is 3.09. The maximum absolute atomic E-state index is 13.2. The van der Waals surface area contributed by atoms with Crippen LogP contribution in [0.1, 0.15) is 15.4 Å². The van der Waals surface area contributed by atoms with E-state index in [0.29, 0.717) is 50.0 Å². The van der Waals surface area contributed by atoms with E-state index in [9.17, 15) is 9.59 Å². The first-order valence-electron chi connectivity index (χ1n) is 9.07. The minimum Gasteiger partial charge on any atom is -0.493 e. The Hall–Kier alpha value is -3.58. The fraction of sp³-hybridized carbons (Fsp3) is 0.130. The fourth-order valence-corrected chi connectivity index (χ4v) is 3.83. The Morgan fingerprint density at radius 3 is 2.50 bits per heavy atom. The summed E-state index contributed by atoms with van der Waals surface area (Å²) in [6.07, 6.45) is 0. The highest BCUT2D eigenvalue weighted by molar-refractivity contribution is 7.12. The van der Waals surface area contributed by atoms with Gasteiger partial charge in [-0.2, -0.15) is 0 Å². The van der Waals surface area contributed by atoms with Gasteiger partial charge < -0.3 is 18.6 Å². The first-order valence-corrected chi connectivity index (χ1v) is 9.95. The minimum atomic E-state index is -0.453. The van der Waals surface area contributed by atoms with Crippen LogP contribution in [0.15, 0.2) is 63.1 Å². The molecule has 0 unspecified atom stereocenters. The van der Waals surface area contributed by atoms with E-state index in [1.54, 1.807) is 67.9 Å². The number of carbonyl (C=O) groups is 1. The Balaban J connectivity index is 1.75. The topological polar surface area (TPSA) is 75.0 Å². The molecule has 2 heterocycles. The fourth-order valence-electron chi connectivity index (χ4n) is 3.23. The van der Waals surface area contributed by atoms with E-state index in [2.05, 4.69) is 0 Å². The van der Waals surface area contributed by atoms with E-state index in [4.69, 9.17) is 18.6 Å². The third kappa shape index (κ3) is 3.55. The first-order chi connectivity index (χ1) is 14.5. The van der Waals surface area contributed by atoms with E-state index in [-0.39, 0.29) is 5.43 Å². The van der Waals surface area contributed by atoms with Crippen LogP contribution in [0.2, 0.25) is 0 Å². The molecule has 4 rings (SSSR count). The molecule has 0 saturated heterocycles. The van der Waals surface area contributed by atoms with Crippen molar-refractivity contribution in [2.45, 2.75) is 6.92 Å². The number of carbonyl (C=O) groups excluding carboxylic acids is 1. The summed E-state index contributed by atoms with van der Waals surface area (Å²) in [4.78, 5) is 25.9. The normalized spacial score (nSPS) is 10.8. The molecule has 2 aromatic carbocycles. The molecule has 0 bridgehead atoms. The number of aryl methyl sites for hydroxylation is 1. The van der Waals surface area contributed by atoms with Gasteiger partial charge in [-0.15, -0.1) is 11.3 Å². The highest BCUT2D eigenvalue weighted by atomic mass is 32.1. The van der Waals surface area contributed by atoms with Gasteiger partial charge in [0.1, 0.15) is 22.0 Å². The van der Waals surface area contributed by atoms with Crippen LogP contribution >= 0.6 is 11.3 Å². The summed E-state index contributed by atoms with van der Waals surface area (Å²) >= 11 is 1.30. The third-order valence-corrected chi connectivity index (χ3v) is 5.49. The molecule has 0 spiro atoms. The maximum Gasteiger partial charge on any atom is 0.353 e. The van der Waals surface area contributed by atoms with Crippen LogP contribution in [0.25, 0.3) is 22.1 Å². The molecule has 0 fully saturated rings. The third-order valence-electron chi connectivity index (χ3n) is 4.65. The lowest BCUT2D eigenvalue weighted by molar-refractivity contribution is 0.0740. The van der Waals surface area contributed by atoms with Gasteiger partial charge in [-0.25, -0.2) is 4.79 Å². The molecule has 7 heteroatoms. The first kappa shape index (κ1) is 19.7. The SMILES string of the molecule is COc1ccc(-c2c(C)oc3cc(OC(=O)c4cccs4)ccc3c2=O)cc1OC. The van der Waals surface area contributed by atoms with Gasteiger partial charge in [0.15, 0.2) is 11.5 Å². The molecular formula is C23H18O6S. The number of benzene rings is 2. The second-order valence-corrected chi connectivity index (χ2v) is 7.40. The lowest BCUT2D eigenvalue weighted by atomic mass is 10.0. The monoisotopic (exact) mass is 422 g/mol. The second kappa shape index (κ2) is 8.04. The lowest BCUT2D eigenvalue weighted by Crippen LogP contribution is -2.09. The summed E-state index contributed by atoms with van der Waals surface area (Å²) < 4.78 is 21.9. The van der Waals surface area contributed by atoms with Crippen molar-refractivity contribution >= 4 is 28.3 Å². The summed E-state index contributed by atoms with van der Waals surface area (Å²) in [6, 6.07) is 13.5. The number of hydrogen-bond acceptors (Lipinski definition) is 7. The number of ether oxygens (including phenoxy) is 3. The Morgan fingerprint density at radius 2 is 1.80 bits per heavy atom. The molecular weight excluding hydrogens is 404 g/mol. The Morgan fingerprint density at radius 1 is 1.00 bits per heavy atom. The maximum atomic E-state index is 13.2. The largest absolute Gasteiger partial charge is 0.493 e. The number of rotatable bonds is 5. The van der Waals surface area contributed by atoms with Gasteiger partial charge in [0.25, 0.3) is 0 Å². The minimum absolute atomic E-state index is 0.183. The van der Waals surface area contributed by atoms with Gasteiger partial charge in [0, 0.05) is 6.07 Å². The molecule has 6 nitrogen and oxygen atoms in total. The molecule has 0 aliphatic rings. The van der Waals surface area contributed by atoms with Crippen molar-refractivity contribution in [1.29, 1.82) is 0 Å². The predicted molar refractivity (Wildman–Crippen MR) is 115 cm³/mol. The Bertz CT molecular complexity index is 1290. The molecule has 4 aromatic rings. The number of methoxy groups -OCH3 is 2. The molecule has 2 aromatic heterocycles. The summed E-state index contributed by atoms with van der Waals surface area (Å²) in [6.45, 7) is 1.72. The van der Waals surface area contributed by atoms with Crippen LogP contribution in [-0.2, 0) is 0 Å². The van der Waals surface area contributed by atoms with Gasteiger partial charge in [0.05, 0.1) is 25.2 Å². The average molecular weight is 422 g/mol. The highest BCUT2D eigenvalue weighted by Gasteiger charge is 2.17. The number of esters is 1. The molecule has 0 amide bonds. The molecule has 30 heavy (non-hydrogen) atoms. The van der Waals surface area contributed by atoms with Gasteiger partial charge in [-0.05, 0) is 48.2 Å². The van der Waals surface area contributed by atoms with Crippen molar-refractivity contribution in [2.75, 3.05) is 14.2 Å². The molecule has 0 N–H and O–H groups in total. The summed E-state index contributed by atoms with van der Waals surface area (Å²) in [5.41, 5.74) is 1.26. The van der Waals surface area contributed by atoms with Crippen molar-refractivity contribution < 1.29 is 23.4 Å².